The van der Waals surface area contributed by atoms with Crippen molar-refractivity contribution in [1.29, 1.82) is 0 Å². The number of aryl methyl sites for hydroxylation is 2. The quantitative estimate of drug-likeness (QED) is 0.881. The fraction of sp³-hybridized carbons (Fsp3) is 0.333. The summed E-state index contributed by atoms with van der Waals surface area (Å²) in [6.45, 7) is 9.78. The van der Waals surface area contributed by atoms with E-state index in [0.717, 1.165) is 11.5 Å². The highest BCUT2D eigenvalue weighted by Gasteiger charge is 2.21. The van der Waals surface area contributed by atoms with Gasteiger partial charge >= 0.3 is 0 Å². The summed E-state index contributed by atoms with van der Waals surface area (Å²) < 4.78 is 0. The number of hydrogen-bond donors (Lipinski definition) is 2. The zero-order chi connectivity index (χ0) is 16.3. The number of pyridine rings is 1. The lowest BCUT2D eigenvalue weighted by molar-refractivity contribution is -0.123. The van der Waals surface area contributed by atoms with E-state index < -0.39 is 5.41 Å². The molecule has 116 valence electrons. The first-order valence-electron chi connectivity index (χ1n) is 7.37. The number of nitrogens with one attached hydrogen (secondary N) is 2. The van der Waals surface area contributed by atoms with Gasteiger partial charge in [0.25, 0.3) is 0 Å². The van der Waals surface area contributed by atoms with Crippen molar-refractivity contribution in [3.05, 3.63) is 47.7 Å². The molecule has 0 saturated heterocycles. The molecular weight excluding hydrogens is 274 g/mol. The van der Waals surface area contributed by atoms with Crippen LogP contribution >= 0.6 is 0 Å². The van der Waals surface area contributed by atoms with Gasteiger partial charge in [-0.15, -0.1) is 0 Å². The fourth-order valence-electron chi connectivity index (χ4n) is 1.95. The van der Waals surface area contributed by atoms with Crippen LogP contribution in [0.2, 0.25) is 0 Å². The van der Waals surface area contributed by atoms with Gasteiger partial charge in [-0.2, -0.15) is 0 Å². The minimum Gasteiger partial charge on any atom is -0.340 e. The van der Waals surface area contributed by atoms with Gasteiger partial charge in [0.05, 0.1) is 11.9 Å². The molecule has 0 aliphatic rings. The molecule has 1 aromatic heterocycles. The summed E-state index contributed by atoms with van der Waals surface area (Å²) in [4.78, 5) is 16.3. The smallest absolute Gasteiger partial charge is 0.229 e. The van der Waals surface area contributed by atoms with Crippen LogP contribution < -0.4 is 10.6 Å². The molecule has 2 aromatic rings. The molecule has 0 radical (unpaired) electrons. The monoisotopic (exact) mass is 297 g/mol. The van der Waals surface area contributed by atoms with E-state index in [-0.39, 0.29) is 5.91 Å². The number of hydrogen-bond acceptors (Lipinski definition) is 3. The van der Waals surface area contributed by atoms with Gasteiger partial charge in [0.2, 0.25) is 5.91 Å². The van der Waals surface area contributed by atoms with E-state index in [0.29, 0.717) is 5.69 Å². The average molecular weight is 297 g/mol. The molecule has 1 aromatic carbocycles. The number of amides is 1. The van der Waals surface area contributed by atoms with Crippen LogP contribution in [0.3, 0.4) is 0 Å². The number of anilines is 3. The van der Waals surface area contributed by atoms with E-state index in [9.17, 15) is 4.79 Å². The van der Waals surface area contributed by atoms with Crippen molar-refractivity contribution in [2.75, 3.05) is 10.6 Å². The lowest BCUT2D eigenvalue weighted by Crippen LogP contribution is -2.27. The molecule has 0 unspecified atom stereocenters. The Morgan fingerprint density at radius 2 is 1.82 bits per heavy atom. The first-order chi connectivity index (χ1) is 10.3. The third-order valence-corrected chi connectivity index (χ3v) is 3.35. The van der Waals surface area contributed by atoms with Gasteiger partial charge in [-0.25, -0.2) is 4.98 Å². The van der Waals surface area contributed by atoms with Crippen molar-refractivity contribution in [2.24, 2.45) is 5.41 Å². The molecule has 22 heavy (non-hydrogen) atoms. The molecule has 0 fully saturated rings. The minimum absolute atomic E-state index is 0.0237. The number of carbonyl (C=O) groups excluding carboxylic acids is 1. The third-order valence-electron chi connectivity index (χ3n) is 3.35. The van der Waals surface area contributed by atoms with Crippen molar-refractivity contribution in [2.45, 2.75) is 34.6 Å². The molecule has 0 bridgehead atoms. The van der Waals surface area contributed by atoms with Crippen LogP contribution in [0.25, 0.3) is 0 Å². The van der Waals surface area contributed by atoms with E-state index >= 15 is 0 Å². The Balaban J connectivity index is 2.07. The highest BCUT2D eigenvalue weighted by Crippen LogP contribution is 2.22. The second kappa shape index (κ2) is 6.18. The largest absolute Gasteiger partial charge is 0.340 e. The Bertz CT molecular complexity index is 670. The van der Waals surface area contributed by atoms with Gasteiger partial charge in [-0.1, -0.05) is 38.5 Å². The van der Waals surface area contributed by atoms with Crippen molar-refractivity contribution in [1.82, 2.24) is 4.98 Å². The molecule has 0 aliphatic heterocycles. The van der Waals surface area contributed by atoms with Gasteiger partial charge in [0.1, 0.15) is 5.82 Å². The number of benzene rings is 1. The normalized spacial score (nSPS) is 11.1. The summed E-state index contributed by atoms with van der Waals surface area (Å²) in [5.74, 6) is 0.727. The van der Waals surface area contributed by atoms with Gasteiger partial charge in [0, 0.05) is 11.1 Å². The predicted octanol–water partition coefficient (Wildman–Crippen LogP) is 4.43. The average Bonchev–Trinajstić information content (AvgIpc) is 2.43. The van der Waals surface area contributed by atoms with Crippen LogP contribution in [-0.4, -0.2) is 10.9 Å². The lowest BCUT2D eigenvalue weighted by Gasteiger charge is -2.17. The van der Waals surface area contributed by atoms with E-state index in [1.807, 2.05) is 39.0 Å². The highest BCUT2D eigenvalue weighted by molar-refractivity contribution is 5.94. The zero-order valence-electron chi connectivity index (χ0n) is 13.8. The number of nitrogens with zero attached hydrogens (tertiary/aromatic N) is 1. The maximum atomic E-state index is 11.9. The van der Waals surface area contributed by atoms with E-state index in [2.05, 4.69) is 41.6 Å². The third kappa shape index (κ3) is 4.07. The van der Waals surface area contributed by atoms with Crippen LogP contribution in [0.1, 0.15) is 31.9 Å². The summed E-state index contributed by atoms with van der Waals surface area (Å²) in [7, 11) is 0. The van der Waals surface area contributed by atoms with Crippen molar-refractivity contribution in [3.63, 3.8) is 0 Å². The summed E-state index contributed by atoms with van der Waals surface area (Å²) in [5.41, 5.74) is 3.72. The van der Waals surface area contributed by atoms with Crippen LogP contribution in [-0.2, 0) is 4.79 Å². The molecule has 1 heterocycles. The minimum atomic E-state index is -0.421. The maximum absolute atomic E-state index is 11.9. The van der Waals surface area contributed by atoms with Crippen molar-refractivity contribution in [3.8, 4) is 0 Å². The van der Waals surface area contributed by atoms with E-state index in [1.165, 1.54) is 11.1 Å². The SMILES string of the molecule is Cc1ccc(Nc2ccc(NC(=O)C(C)(C)C)cn2)c(C)c1. The zero-order valence-corrected chi connectivity index (χ0v) is 13.8. The van der Waals surface area contributed by atoms with Gasteiger partial charge in [-0.3, -0.25) is 4.79 Å². The van der Waals surface area contributed by atoms with Gasteiger partial charge in [0.15, 0.2) is 0 Å². The van der Waals surface area contributed by atoms with Crippen LogP contribution in [0, 0.1) is 19.3 Å². The standard InChI is InChI=1S/C18H23N3O/c1-12-6-8-15(13(2)10-12)21-16-9-7-14(11-19-16)20-17(22)18(3,4)5/h6-11H,1-5H3,(H,19,21)(H,20,22). The van der Waals surface area contributed by atoms with Crippen LogP contribution in [0.4, 0.5) is 17.2 Å². The van der Waals surface area contributed by atoms with Gasteiger partial charge < -0.3 is 10.6 Å². The molecule has 2 N–H and O–H groups in total. The Morgan fingerprint density at radius 3 is 2.36 bits per heavy atom. The molecule has 4 nitrogen and oxygen atoms in total. The first-order valence-corrected chi connectivity index (χ1v) is 7.37. The first kappa shape index (κ1) is 16.0. The molecule has 4 heteroatoms. The molecule has 0 saturated carbocycles. The maximum Gasteiger partial charge on any atom is 0.229 e. The van der Waals surface area contributed by atoms with Crippen LogP contribution in [0.15, 0.2) is 36.5 Å². The Morgan fingerprint density at radius 1 is 1.09 bits per heavy atom. The fourth-order valence-corrected chi connectivity index (χ4v) is 1.95. The van der Waals surface area contributed by atoms with Crippen LogP contribution in [0.5, 0.6) is 0 Å². The molecule has 0 aliphatic carbocycles. The summed E-state index contributed by atoms with van der Waals surface area (Å²) in [6, 6.07) is 9.94. The molecule has 0 atom stereocenters. The Kier molecular flexibility index (Phi) is 4.50. The molecular formula is C18H23N3O. The second-order valence-corrected chi connectivity index (χ2v) is 6.58. The van der Waals surface area contributed by atoms with Crippen molar-refractivity contribution < 1.29 is 4.79 Å². The summed E-state index contributed by atoms with van der Waals surface area (Å²) in [5, 5.41) is 6.15. The van der Waals surface area contributed by atoms with E-state index in [4.69, 9.17) is 0 Å². The summed E-state index contributed by atoms with van der Waals surface area (Å²) in [6.07, 6.45) is 1.66. The van der Waals surface area contributed by atoms with Crippen molar-refractivity contribution >= 4 is 23.1 Å². The summed E-state index contributed by atoms with van der Waals surface area (Å²) >= 11 is 0. The van der Waals surface area contributed by atoms with E-state index in [1.54, 1.807) is 6.20 Å². The lowest BCUT2D eigenvalue weighted by atomic mass is 9.96. The number of rotatable bonds is 3. The second-order valence-electron chi connectivity index (χ2n) is 6.58. The predicted molar refractivity (Wildman–Crippen MR) is 91.5 cm³/mol. The number of carbonyl (C=O) groups is 1. The molecule has 2 rings (SSSR count). The number of aromatic nitrogens is 1. The van der Waals surface area contributed by atoms with Gasteiger partial charge in [-0.05, 0) is 37.6 Å². The topological polar surface area (TPSA) is 54.0 Å². The Hall–Kier alpha value is -2.36. The molecule has 1 amide bonds. The highest BCUT2D eigenvalue weighted by atomic mass is 16.2. The Labute approximate surface area is 132 Å². The molecule has 0 spiro atoms.